The number of aryl methyl sites for hydroxylation is 1. The van der Waals surface area contributed by atoms with Crippen molar-refractivity contribution in [3.8, 4) is 6.07 Å². The number of halogens is 3. The molecule has 2 aliphatic rings. The third-order valence-corrected chi connectivity index (χ3v) is 6.84. The molecule has 0 radical (unpaired) electrons. The molecule has 0 spiro atoms. The first-order valence-corrected chi connectivity index (χ1v) is 10.5. The largest absolute Gasteiger partial charge is 0.467 e. The molecule has 11 heteroatoms. The molecule has 1 aliphatic carbocycles. The molecule has 3 aromatic heterocycles. The Morgan fingerprint density at radius 1 is 1.42 bits per heavy atom. The summed E-state index contributed by atoms with van der Waals surface area (Å²) in [7, 11) is 0. The molecule has 2 atom stereocenters. The van der Waals surface area contributed by atoms with E-state index in [9.17, 15) is 23.2 Å². The van der Waals surface area contributed by atoms with Crippen LogP contribution in [0, 0.1) is 11.3 Å². The van der Waals surface area contributed by atoms with E-state index in [1.165, 1.54) is 17.6 Å². The summed E-state index contributed by atoms with van der Waals surface area (Å²) < 4.78 is 47.3. The van der Waals surface area contributed by atoms with Crippen molar-refractivity contribution in [1.29, 1.82) is 5.26 Å². The van der Waals surface area contributed by atoms with Gasteiger partial charge < -0.3 is 15.1 Å². The van der Waals surface area contributed by atoms with Crippen molar-refractivity contribution >= 4 is 28.1 Å². The third-order valence-electron chi connectivity index (χ3n) is 5.63. The predicted molar refractivity (Wildman–Crippen MR) is 106 cm³/mol. The SMILES string of the molecule is N#Cc1c(NC(=O)c2cnn3c2N[C@H](c2ccco2)C[C@H]3C(F)(F)F)sc2c1CCC2. The molecule has 0 aromatic carbocycles. The number of nitriles is 1. The van der Waals surface area contributed by atoms with E-state index >= 15 is 0 Å². The fourth-order valence-corrected chi connectivity index (χ4v) is 5.42. The molecule has 2 N–H and O–H groups in total. The molecule has 160 valence electrons. The summed E-state index contributed by atoms with van der Waals surface area (Å²) in [6, 6.07) is 2.65. The van der Waals surface area contributed by atoms with Gasteiger partial charge >= 0.3 is 6.18 Å². The maximum atomic E-state index is 13.7. The molecule has 0 saturated carbocycles. The van der Waals surface area contributed by atoms with Gasteiger partial charge in [0.1, 0.15) is 28.2 Å². The van der Waals surface area contributed by atoms with Crippen molar-refractivity contribution in [2.75, 3.05) is 10.6 Å². The van der Waals surface area contributed by atoms with Crippen molar-refractivity contribution in [1.82, 2.24) is 9.78 Å². The van der Waals surface area contributed by atoms with Crippen LogP contribution in [0.1, 0.15) is 57.0 Å². The van der Waals surface area contributed by atoms with Gasteiger partial charge in [0.15, 0.2) is 6.04 Å². The Bertz CT molecular complexity index is 1190. The van der Waals surface area contributed by atoms with Crippen LogP contribution in [0.3, 0.4) is 0 Å². The number of carbonyl (C=O) groups excluding carboxylic acids is 1. The number of furan rings is 1. The lowest BCUT2D eigenvalue weighted by Crippen LogP contribution is -2.36. The number of thiophene rings is 1. The molecule has 7 nitrogen and oxygen atoms in total. The quantitative estimate of drug-likeness (QED) is 0.601. The zero-order chi connectivity index (χ0) is 21.8. The highest BCUT2D eigenvalue weighted by molar-refractivity contribution is 7.16. The molecular weight excluding hydrogens is 431 g/mol. The minimum absolute atomic E-state index is 0.0250. The number of aromatic nitrogens is 2. The Labute approximate surface area is 178 Å². The van der Waals surface area contributed by atoms with Crippen LogP contribution in [-0.4, -0.2) is 21.9 Å². The molecule has 3 aromatic rings. The second-order valence-corrected chi connectivity index (χ2v) is 8.59. The van der Waals surface area contributed by atoms with Crippen molar-refractivity contribution in [2.45, 2.75) is 43.9 Å². The van der Waals surface area contributed by atoms with Gasteiger partial charge in [-0.2, -0.15) is 23.5 Å². The summed E-state index contributed by atoms with van der Waals surface area (Å²) in [5.41, 5.74) is 1.36. The smallest absolute Gasteiger partial charge is 0.410 e. The Morgan fingerprint density at radius 3 is 2.97 bits per heavy atom. The van der Waals surface area contributed by atoms with Gasteiger partial charge in [-0.25, -0.2) is 4.68 Å². The molecule has 1 aliphatic heterocycles. The number of nitrogens with zero attached hydrogens (tertiary/aromatic N) is 3. The normalized spacial score (nSPS) is 19.9. The Balaban J connectivity index is 1.49. The van der Waals surface area contributed by atoms with Crippen molar-refractivity contribution in [3.05, 3.63) is 51.9 Å². The highest BCUT2D eigenvalue weighted by atomic mass is 32.1. The lowest BCUT2D eigenvalue weighted by molar-refractivity contribution is -0.174. The first-order chi connectivity index (χ1) is 14.9. The number of carbonyl (C=O) groups is 1. The molecule has 0 unspecified atom stereocenters. The monoisotopic (exact) mass is 447 g/mol. The van der Waals surface area contributed by atoms with Gasteiger partial charge in [-0.3, -0.25) is 4.79 Å². The minimum atomic E-state index is -4.55. The summed E-state index contributed by atoms with van der Waals surface area (Å²) in [4.78, 5) is 14.0. The average molecular weight is 447 g/mol. The van der Waals surface area contributed by atoms with Gasteiger partial charge in [0, 0.05) is 11.3 Å². The van der Waals surface area contributed by atoms with Crippen molar-refractivity contribution in [3.63, 3.8) is 0 Å². The van der Waals surface area contributed by atoms with Crippen molar-refractivity contribution in [2.24, 2.45) is 0 Å². The van der Waals surface area contributed by atoms with Gasteiger partial charge in [0.2, 0.25) is 0 Å². The molecular formula is C20H16F3N5O2S. The van der Waals surface area contributed by atoms with E-state index in [1.54, 1.807) is 12.1 Å². The first-order valence-electron chi connectivity index (χ1n) is 9.67. The molecule has 0 saturated heterocycles. The second kappa shape index (κ2) is 7.16. The fraction of sp³-hybridized carbons (Fsp3) is 0.350. The maximum absolute atomic E-state index is 13.7. The second-order valence-electron chi connectivity index (χ2n) is 7.48. The van der Waals surface area contributed by atoms with Gasteiger partial charge in [-0.1, -0.05) is 0 Å². The number of hydrogen-bond acceptors (Lipinski definition) is 6. The number of nitrogens with one attached hydrogen (secondary N) is 2. The summed E-state index contributed by atoms with van der Waals surface area (Å²) in [5.74, 6) is -0.309. The number of amides is 1. The molecule has 1 amide bonds. The molecule has 0 fully saturated rings. The van der Waals surface area contributed by atoms with Gasteiger partial charge in [-0.15, -0.1) is 11.3 Å². The number of anilines is 2. The van der Waals surface area contributed by atoms with E-state index in [0.29, 0.717) is 16.3 Å². The molecule has 5 rings (SSSR count). The number of hydrogen-bond donors (Lipinski definition) is 2. The van der Waals surface area contributed by atoms with Crippen LogP contribution in [-0.2, 0) is 12.8 Å². The van der Waals surface area contributed by atoms with Crippen LogP contribution in [0.4, 0.5) is 24.0 Å². The molecule has 4 heterocycles. The summed E-state index contributed by atoms with van der Waals surface area (Å²) in [6.45, 7) is 0. The van der Waals surface area contributed by atoms with Crippen molar-refractivity contribution < 1.29 is 22.4 Å². The fourth-order valence-electron chi connectivity index (χ4n) is 4.19. The van der Waals surface area contributed by atoms with E-state index in [2.05, 4.69) is 21.8 Å². The van der Waals surface area contributed by atoms with Crippen LogP contribution < -0.4 is 10.6 Å². The summed E-state index contributed by atoms with van der Waals surface area (Å²) in [6.07, 6.45) is 0.249. The van der Waals surface area contributed by atoms with Crippen LogP contribution in [0.25, 0.3) is 0 Å². The maximum Gasteiger partial charge on any atom is 0.410 e. The lowest BCUT2D eigenvalue weighted by atomic mass is 10.0. The molecule has 0 bridgehead atoms. The Hall–Kier alpha value is -3.26. The highest BCUT2D eigenvalue weighted by Crippen LogP contribution is 2.45. The highest BCUT2D eigenvalue weighted by Gasteiger charge is 2.47. The van der Waals surface area contributed by atoms with Crippen LogP contribution >= 0.6 is 11.3 Å². The van der Waals surface area contributed by atoms with E-state index < -0.39 is 24.2 Å². The number of rotatable bonds is 3. The van der Waals surface area contributed by atoms with Crippen LogP contribution in [0.2, 0.25) is 0 Å². The predicted octanol–water partition coefficient (Wildman–Crippen LogP) is 4.81. The topological polar surface area (TPSA) is 95.9 Å². The van der Waals surface area contributed by atoms with Gasteiger partial charge in [-0.05, 0) is 37.0 Å². The van der Waals surface area contributed by atoms with E-state index in [-0.39, 0.29) is 17.8 Å². The third kappa shape index (κ3) is 3.27. The summed E-state index contributed by atoms with van der Waals surface area (Å²) >= 11 is 1.34. The van der Waals surface area contributed by atoms with Gasteiger partial charge in [0.05, 0.1) is 24.1 Å². The van der Waals surface area contributed by atoms with E-state index in [4.69, 9.17) is 4.42 Å². The van der Waals surface area contributed by atoms with E-state index in [1.807, 2.05) is 0 Å². The van der Waals surface area contributed by atoms with E-state index in [0.717, 1.165) is 40.6 Å². The number of fused-ring (bicyclic) bond motifs is 2. The summed E-state index contributed by atoms with van der Waals surface area (Å²) in [5, 5.41) is 19.5. The Kier molecular flexibility index (Phi) is 4.55. The van der Waals surface area contributed by atoms with Crippen LogP contribution in [0.15, 0.2) is 29.0 Å². The standard InChI is InChI=1S/C20H16F3N5O2S/c21-20(22,23)16-7-13(14-4-2-6-30-14)26-17-12(9-25-28(16)17)18(29)27-19-11(8-24)10-3-1-5-15(10)31-19/h2,4,6,9,13,16,26H,1,3,5,7H2,(H,27,29)/t13-,16-/m0/s1. The van der Waals surface area contributed by atoms with Crippen LogP contribution in [0.5, 0.6) is 0 Å². The molecule has 31 heavy (non-hydrogen) atoms. The number of alkyl halides is 3. The zero-order valence-electron chi connectivity index (χ0n) is 16.0. The minimum Gasteiger partial charge on any atom is -0.467 e. The first kappa shape index (κ1) is 19.7. The average Bonchev–Trinajstić information content (AvgIpc) is 3.49. The lowest BCUT2D eigenvalue weighted by Gasteiger charge is -2.32. The zero-order valence-corrected chi connectivity index (χ0v) is 16.8. The van der Waals surface area contributed by atoms with Gasteiger partial charge in [0.25, 0.3) is 5.91 Å². The Morgan fingerprint density at radius 2 is 2.26 bits per heavy atom.